The van der Waals surface area contributed by atoms with Crippen LogP contribution in [0.25, 0.3) is 0 Å². The van der Waals surface area contributed by atoms with E-state index >= 15 is 0 Å². The molecule has 0 bridgehead atoms. The summed E-state index contributed by atoms with van der Waals surface area (Å²) in [6, 6.07) is 7.28. The van der Waals surface area contributed by atoms with Gasteiger partial charge in [0.05, 0.1) is 0 Å². The highest BCUT2D eigenvalue weighted by Crippen LogP contribution is 2.31. The van der Waals surface area contributed by atoms with E-state index in [1.54, 1.807) is 12.1 Å². The van der Waals surface area contributed by atoms with Gasteiger partial charge >= 0.3 is 0 Å². The fourth-order valence-corrected chi connectivity index (χ4v) is 1.88. The molecule has 0 aliphatic heterocycles. The van der Waals surface area contributed by atoms with Crippen molar-refractivity contribution in [1.82, 2.24) is 0 Å². The van der Waals surface area contributed by atoms with Crippen LogP contribution in [0.2, 0.25) is 0 Å². The van der Waals surface area contributed by atoms with Crippen molar-refractivity contribution in [3.05, 3.63) is 29.8 Å². The fraction of sp³-hybridized carbons (Fsp3) is 0.538. The number of aromatic hydroxyl groups is 1. The van der Waals surface area contributed by atoms with Gasteiger partial charge in [-0.3, -0.25) is 0 Å². The summed E-state index contributed by atoms with van der Waals surface area (Å²) < 4.78 is 0. The SMILES string of the molecule is CCC(CC)(CO)Cc1cccc(O)c1. The van der Waals surface area contributed by atoms with Crippen LogP contribution in [0, 0.1) is 5.41 Å². The van der Waals surface area contributed by atoms with Crippen molar-refractivity contribution in [3.63, 3.8) is 0 Å². The molecule has 0 heterocycles. The van der Waals surface area contributed by atoms with Gasteiger partial charge in [-0.25, -0.2) is 0 Å². The first-order chi connectivity index (χ1) is 7.15. The molecular weight excluding hydrogens is 188 g/mol. The first-order valence-electron chi connectivity index (χ1n) is 5.54. The van der Waals surface area contributed by atoms with Gasteiger partial charge in [-0.15, -0.1) is 0 Å². The fourth-order valence-electron chi connectivity index (χ4n) is 1.88. The lowest BCUT2D eigenvalue weighted by molar-refractivity contribution is 0.115. The Morgan fingerprint density at radius 3 is 2.33 bits per heavy atom. The van der Waals surface area contributed by atoms with Crippen LogP contribution < -0.4 is 0 Å². The predicted molar refractivity (Wildman–Crippen MR) is 61.9 cm³/mol. The molecule has 0 amide bonds. The molecule has 1 rings (SSSR count). The molecule has 1 aromatic carbocycles. The van der Waals surface area contributed by atoms with Crippen LogP contribution >= 0.6 is 0 Å². The van der Waals surface area contributed by atoms with Gasteiger partial charge in [0.1, 0.15) is 5.75 Å². The molecular formula is C13H20O2. The van der Waals surface area contributed by atoms with E-state index < -0.39 is 0 Å². The quantitative estimate of drug-likeness (QED) is 0.781. The molecule has 0 spiro atoms. The minimum absolute atomic E-state index is 0.0339. The number of rotatable bonds is 5. The second kappa shape index (κ2) is 5.17. The van der Waals surface area contributed by atoms with Crippen LogP contribution in [0.4, 0.5) is 0 Å². The van der Waals surface area contributed by atoms with Crippen LogP contribution in [-0.4, -0.2) is 16.8 Å². The monoisotopic (exact) mass is 208 g/mol. The van der Waals surface area contributed by atoms with Crippen LogP contribution in [-0.2, 0) is 6.42 Å². The minimum Gasteiger partial charge on any atom is -0.508 e. The van der Waals surface area contributed by atoms with Crippen molar-refractivity contribution in [3.8, 4) is 5.75 Å². The Bertz CT molecular complexity index is 295. The van der Waals surface area contributed by atoms with Crippen molar-refractivity contribution in [1.29, 1.82) is 0 Å². The van der Waals surface area contributed by atoms with E-state index in [2.05, 4.69) is 13.8 Å². The first kappa shape index (κ1) is 12.1. The number of phenolic OH excluding ortho intramolecular Hbond substituents is 1. The Morgan fingerprint density at radius 1 is 1.20 bits per heavy atom. The van der Waals surface area contributed by atoms with Crippen LogP contribution in [0.15, 0.2) is 24.3 Å². The molecule has 0 unspecified atom stereocenters. The molecule has 15 heavy (non-hydrogen) atoms. The van der Waals surface area contributed by atoms with E-state index in [4.69, 9.17) is 0 Å². The maximum atomic E-state index is 9.44. The van der Waals surface area contributed by atoms with Gasteiger partial charge in [-0.05, 0) is 42.4 Å². The smallest absolute Gasteiger partial charge is 0.115 e. The van der Waals surface area contributed by atoms with Gasteiger partial charge in [0.25, 0.3) is 0 Å². The molecule has 2 nitrogen and oxygen atoms in total. The lowest BCUT2D eigenvalue weighted by Crippen LogP contribution is -2.26. The van der Waals surface area contributed by atoms with Crippen LogP contribution in [0.5, 0.6) is 5.75 Å². The Morgan fingerprint density at radius 2 is 1.87 bits per heavy atom. The Hall–Kier alpha value is -1.02. The predicted octanol–water partition coefficient (Wildman–Crippen LogP) is 2.73. The van der Waals surface area contributed by atoms with E-state index in [9.17, 15) is 10.2 Å². The third-order valence-electron chi connectivity index (χ3n) is 3.33. The third-order valence-corrected chi connectivity index (χ3v) is 3.33. The van der Waals surface area contributed by atoms with E-state index in [1.807, 2.05) is 12.1 Å². The highest BCUT2D eigenvalue weighted by atomic mass is 16.3. The van der Waals surface area contributed by atoms with E-state index in [1.165, 1.54) is 0 Å². The summed E-state index contributed by atoms with van der Waals surface area (Å²) in [4.78, 5) is 0. The molecule has 2 heteroatoms. The molecule has 0 aromatic heterocycles. The molecule has 0 saturated carbocycles. The van der Waals surface area contributed by atoms with Gasteiger partial charge < -0.3 is 10.2 Å². The number of hydrogen-bond donors (Lipinski definition) is 2. The van der Waals surface area contributed by atoms with E-state index in [0.29, 0.717) is 5.75 Å². The van der Waals surface area contributed by atoms with Crippen LogP contribution in [0.1, 0.15) is 32.3 Å². The summed E-state index contributed by atoms with van der Waals surface area (Å²) in [7, 11) is 0. The zero-order valence-corrected chi connectivity index (χ0v) is 9.53. The molecule has 1 aromatic rings. The van der Waals surface area contributed by atoms with Crippen molar-refractivity contribution in [2.75, 3.05) is 6.61 Å². The normalized spacial score (nSPS) is 11.7. The van der Waals surface area contributed by atoms with Gasteiger partial charge in [-0.1, -0.05) is 26.0 Å². The minimum atomic E-state index is -0.0339. The first-order valence-corrected chi connectivity index (χ1v) is 5.54. The van der Waals surface area contributed by atoms with Gasteiger partial charge in [0.15, 0.2) is 0 Å². The zero-order chi connectivity index (χ0) is 11.3. The summed E-state index contributed by atoms with van der Waals surface area (Å²) in [6.07, 6.45) is 2.73. The Balaban J connectivity index is 2.82. The number of benzene rings is 1. The maximum absolute atomic E-state index is 9.44. The van der Waals surface area contributed by atoms with Gasteiger partial charge in [0, 0.05) is 6.61 Å². The molecule has 0 saturated heterocycles. The summed E-state index contributed by atoms with van der Waals surface area (Å²) in [5.74, 6) is 0.298. The Kier molecular flexibility index (Phi) is 4.15. The summed E-state index contributed by atoms with van der Waals surface area (Å²) >= 11 is 0. The molecule has 0 fully saturated rings. The Labute approximate surface area is 91.6 Å². The molecule has 0 radical (unpaired) electrons. The summed E-state index contributed by atoms with van der Waals surface area (Å²) in [5, 5.41) is 18.8. The van der Waals surface area contributed by atoms with Crippen molar-refractivity contribution >= 4 is 0 Å². The average Bonchev–Trinajstić information content (AvgIpc) is 2.26. The van der Waals surface area contributed by atoms with Gasteiger partial charge in [-0.2, -0.15) is 0 Å². The number of hydrogen-bond acceptors (Lipinski definition) is 2. The highest BCUT2D eigenvalue weighted by Gasteiger charge is 2.25. The third kappa shape index (κ3) is 2.96. The standard InChI is InChI=1S/C13H20O2/c1-3-13(4-2,10-14)9-11-6-5-7-12(15)8-11/h5-8,14-15H,3-4,9-10H2,1-2H3. The number of phenols is 1. The molecule has 0 atom stereocenters. The second-order valence-electron chi connectivity index (χ2n) is 4.21. The topological polar surface area (TPSA) is 40.5 Å². The molecule has 2 N–H and O–H groups in total. The van der Waals surface area contributed by atoms with E-state index in [-0.39, 0.29) is 12.0 Å². The lowest BCUT2D eigenvalue weighted by Gasteiger charge is -2.29. The lowest BCUT2D eigenvalue weighted by atomic mass is 9.78. The molecule has 0 aliphatic carbocycles. The zero-order valence-electron chi connectivity index (χ0n) is 9.53. The summed E-state index contributed by atoms with van der Waals surface area (Å²) in [6.45, 7) is 4.40. The maximum Gasteiger partial charge on any atom is 0.115 e. The van der Waals surface area contributed by atoms with Crippen molar-refractivity contribution < 1.29 is 10.2 Å². The highest BCUT2D eigenvalue weighted by molar-refractivity contribution is 5.27. The number of aliphatic hydroxyl groups is 1. The largest absolute Gasteiger partial charge is 0.508 e. The molecule has 84 valence electrons. The summed E-state index contributed by atoms with van der Waals surface area (Å²) in [5.41, 5.74) is 1.06. The van der Waals surface area contributed by atoms with E-state index in [0.717, 1.165) is 24.8 Å². The van der Waals surface area contributed by atoms with Crippen molar-refractivity contribution in [2.45, 2.75) is 33.1 Å². The average molecular weight is 208 g/mol. The number of aliphatic hydroxyl groups excluding tert-OH is 1. The second-order valence-corrected chi connectivity index (χ2v) is 4.21. The molecule has 0 aliphatic rings. The van der Waals surface area contributed by atoms with Crippen molar-refractivity contribution in [2.24, 2.45) is 5.41 Å². The van der Waals surface area contributed by atoms with Crippen LogP contribution in [0.3, 0.4) is 0 Å². The van der Waals surface area contributed by atoms with Gasteiger partial charge in [0.2, 0.25) is 0 Å².